The number of primary amides is 1. The SMILES string of the molecule is CC[C@H]1CN(c2nc(N)c(-c3nnc(C(N)=O)o3)nc2Cl)CCN1C1CCN(C(=O)c2ccc(Cl)nc2N)CC1. The first-order valence-corrected chi connectivity index (χ1v) is 13.6. The van der Waals surface area contributed by atoms with Crippen molar-refractivity contribution in [3.05, 3.63) is 33.9 Å². The highest BCUT2D eigenvalue weighted by Gasteiger charge is 2.35. The Morgan fingerprint density at radius 2 is 1.77 bits per heavy atom. The van der Waals surface area contributed by atoms with E-state index in [0.29, 0.717) is 43.6 Å². The van der Waals surface area contributed by atoms with Crippen molar-refractivity contribution in [1.82, 2.24) is 34.9 Å². The number of hydrogen-bond donors (Lipinski definition) is 3. The van der Waals surface area contributed by atoms with Crippen LogP contribution in [0, 0.1) is 0 Å². The average Bonchev–Trinajstić information content (AvgIpc) is 3.44. The van der Waals surface area contributed by atoms with Gasteiger partial charge in [0.25, 0.3) is 11.8 Å². The lowest BCUT2D eigenvalue weighted by Crippen LogP contribution is -2.58. The number of piperidine rings is 1. The molecule has 40 heavy (non-hydrogen) atoms. The molecule has 2 aliphatic heterocycles. The number of anilines is 3. The minimum absolute atomic E-state index is 0.0445. The minimum atomic E-state index is -0.864. The summed E-state index contributed by atoms with van der Waals surface area (Å²) in [7, 11) is 0. The lowest BCUT2D eigenvalue weighted by molar-refractivity contribution is 0.0491. The molecule has 2 aliphatic rings. The zero-order valence-electron chi connectivity index (χ0n) is 21.8. The quantitative estimate of drug-likeness (QED) is 0.352. The molecule has 0 saturated carbocycles. The van der Waals surface area contributed by atoms with Crippen molar-refractivity contribution in [3.8, 4) is 11.6 Å². The summed E-state index contributed by atoms with van der Waals surface area (Å²) >= 11 is 12.4. The molecule has 3 aromatic heterocycles. The lowest BCUT2D eigenvalue weighted by atomic mass is 9.97. The third kappa shape index (κ3) is 5.46. The van der Waals surface area contributed by atoms with E-state index in [1.165, 1.54) is 0 Å². The first-order chi connectivity index (χ1) is 19.2. The summed E-state index contributed by atoms with van der Waals surface area (Å²) in [5.41, 5.74) is 17.7. The number of hydrogen-bond acceptors (Lipinski definition) is 12. The summed E-state index contributed by atoms with van der Waals surface area (Å²) in [5, 5.41) is 7.73. The highest BCUT2D eigenvalue weighted by Crippen LogP contribution is 2.32. The molecule has 3 aromatic rings. The van der Waals surface area contributed by atoms with Gasteiger partial charge in [0, 0.05) is 44.8 Å². The zero-order valence-corrected chi connectivity index (χ0v) is 23.3. The van der Waals surface area contributed by atoms with Crippen LogP contribution in [-0.2, 0) is 0 Å². The van der Waals surface area contributed by atoms with Crippen molar-refractivity contribution < 1.29 is 14.0 Å². The van der Waals surface area contributed by atoms with E-state index in [2.05, 4.69) is 41.9 Å². The summed E-state index contributed by atoms with van der Waals surface area (Å²) in [6, 6.07) is 3.78. The fourth-order valence-corrected chi connectivity index (χ4v) is 5.70. The molecule has 0 aliphatic carbocycles. The zero-order chi connectivity index (χ0) is 28.6. The van der Waals surface area contributed by atoms with Gasteiger partial charge in [0.2, 0.25) is 0 Å². The minimum Gasteiger partial charge on any atom is -0.410 e. The molecule has 1 atom stereocenters. The number of nitrogen functional groups attached to an aromatic ring is 2. The molecule has 5 heterocycles. The Hall–Kier alpha value is -3.75. The predicted molar refractivity (Wildman–Crippen MR) is 149 cm³/mol. The van der Waals surface area contributed by atoms with Crippen LogP contribution in [0.2, 0.25) is 10.3 Å². The van der Waals surface area contributed by atoms with Gasteiger partial charge in [-0.3, -0.25) is 14.5 Å². The molecular formula is C24H29Cl2N11O3. The van der Waals surface area contributed by atoms with Gasteiger partial charge in [-0.15, -0.1) is 10.2 Å². The molecule has 14 nitrogen and oxygen atoms in total. The van der Waals surface area contributed by atoms with Crippen LogP contribution in [0.4, 0.5) is 17.5 Å². The van der Waals surface area contributed by atoms with Crippen LogP contribution in [-0.4, -0.2) is 91.6 Å². The van der Waals surface area contributed by atoms with E-state index in [0.717, 1.165) is 25.8 Å². The number of rotatable bonds is 6. The van der Waals surface area contributed by atoms with E-state index in [1.807, 2.05) is 4.90 Å². The number of pyridine rings is 1. The Bertz CT molecular complexity index is 1430. The molecule has 0 aromatic carbocycles. The number of carbonyl (C=O) groups excluding carboxylic acids is 2. The second-order valence-corrected chi connectivity index (χ2v) is 10.4. The molecular weight excluding hydrogens is 561 g/mol. The smallest absolute Gasteiger partial charge is 0.306 e. The van der Waals surface area contributed by atoms with Crippen LogP contribution >= 0.6 is 23.2 Å². The van der Waals surface area contributed by atoms with Crippen LogP contribution in [0.3, 0.4) is 0 Å². The van der Waals surface area contributed by atoms with E-state index in [-0.39, 0.29) is 51.4 Å². The number of nitrogens with zero attached hydrogens (tertiary/aromatic N) is 8. The number of amides is 2. The Balaban J connectivity index is 1.24. The van der Waals surface area contributed by atoms with Crippen molar-refractivity contribution in [3.63, 3.8) is 0 Å². The van der Waals surface area contributed by atoms with Crippen molar-refractivity contribution in [1.29, 1.82) is 0 Å². The third-order valence-electron chi connectivity index (χ3n) is 7.34. The fourth-order valence-electron chi connectivity index (χ4n) is 5.30. The Kier molecular flexibility index (Phi) is 7.92. The summed E-state index contributed by atoms with van der Waals surface area (Å²) in [6.45, 7) is 5.54. The van der Waals surface area contributed by atoms with Gasteiger partial charge in [0.15, 0.2) is 22.5 Å². The molecule has 6 N–H and O–H groups in total. The van der Waals surface area contributed by atoms with Gasteiger partial charge in [-0.1, -0.05) is 30.1 Å². The van der Waals surface area contributed by atoms with Crippen LogP contribution in [0.1, 0.15) is 47.2 Å². The highest BCUT2D eigenvalue weighted by atomic mass is 35.5. The topological polar surface area (TPSA) is 200 Å². The maximum Gasteiger partial charge on any atom is 0.306 e. The van der Waals surface area contributed by atoms with Gasteiger partial charge >= 0.3 is 11.8 Å². The van der Waals surface area contributed by atoms with Gasteiger partial charge in [0.05, 0.1) is 5.56 Å². The number of nitrogens with two attached hydrogens (primary N) is 3. The summed E-state index contributed by atoms with van der Waals surface area (Å²) in [5.74, 6) is -0.795. The van der Waals surface area contributed by atoms with E-state index < -0.39 is 5.91 Å². The number of piperazine rings is 1. The third-order valence-corrected chi connectivity index (χ3v) is 7.81. The maximum atomic E-state index is 13.0. The van der Waals surface area contributed by atoms with Crippen LogP contribution < -0.4 is 22.1 Å². The molecule has 2 saturated heterocycles. The Morgan fingerprint density at radius 1 is 1.02 bits per heavy atom. The second-order valence-electron chi connectivity index (χ2n) is 9.68. The molecule has 2 amide bonds. The van der Waals surface area contributed by atoms with Crippen molar-refractivity contribution in [2.75, 3.05) is 49.1 Å². The molecule has 0 unspecified atom stereocenters. The molecule has 0 bridgehead atoms. The van der Waals surface area contributed by atoms with Gasteiger partial charge in [-0.05, 0) is 31.4 Å². The fraction of sp³-hybridized carbons (Fsp3) is 0.458. The summed E-state index contributed by atoms with van der Waals surface area (Å²) < 4.78 is 5.23. The van der Waals surface area contributed by atoms with E-state index >= 15 is 0 Å². The summed E-state index contributed by atoms with van der Waals surface area (Å²) in [6.07, 6.45) is 2.62. The molecule has 5 rings (SSSR count). The second kappa shape index (κ2) is 11.4. The maximum absolute atomic E-state index is 13.0. The van der Waals surface area contributed by atoms with E-state index in [1.54, 1.807) is 12.1 Å². The Morgan fingerprint density at radius 3 is 2.42 bits per heavy atom. The number of carbonyl (C=O) groups is 2. The first-order valence-electron chi connectivity index (χ1n) is 12.8. The van der Waals surface area contributed by atoms with Crippen molar-refractivity contribution >= 4 is 52.5 Å². The van der Waals surface area contributed by atoms with Crippen LogP contribution in [0.25, 0.3) is 11.6 Å². The highest BCUT2D eigenvalue weighted by molar-refractivity contribution is 6.32. The molecule has 0 spiro atoms. The average molecular weight is 590 g/mol. The lowest BCUT2D eigenvalue weighted by Gasteiger charge is -2.47. The van der Waals surface area contributed by atoms with E-state index in [9.17, 15) is 9.59 Å². The van der Waals surface area contributed by atoms with Gasteiger partial charge in [0.1, 0.15) is 11.0 Å². The predicted octanol–water partition coefficient (Wildman–Crippen LogP) is 1.70. The standard InChI is InChI=1S/C24H29Cl2N11O3/c1-2-12-11-36(21-17(26)31-16(19(28)32-21)22-33-34-23(40-22)20(29)38)9-10-37(12)13-5-7-35(8-6-13)24(39)14-3-4-15(25)30-18(14)27/h3-4,12-13H,2,5-11H2,1H3,(H2,27,30)(H2,28,32)(H2,29,38)/t12-/m0/s1. The van der Waals surface area contributed by atoms with Gasteiger partial charge in [-0.25, -0.2) is 15.0 Å². The summed E-state index contributed by atoms with van der Waals surface area (Å²) in [4.78, 5) is 43.5. The van der Waals surface area contributed by atoms with Gasteiger partial charge in [-0.2, -0.15) is 0 Å². The van der Waals surface area contributed by atoms with Crippen LogP contribution in [0.15, 0.2) is 16.5 Å². The van der Waals surface area contributed by atoms with Crippen molar-refractivity contribution in [2.45, 2.75) is 38.3 Å². The molecule has 0 radical (unpaired) electrons. The largest absolute Gasteiger partial charge is 0.410 e. The molecule has 212 valence electrons. The normalized spacial score (nSPS) is 18.7. The van der Waals surface area contributed by atoms with Crippen molar-refractivity contribution in [2.24, 2.45) is 5.73 Å². The number of likely N-dealkylation sites (tertiary alicyclic amines) is 1. The Labute approximate surface area is 239 Å². The van der Waals surface area contributed by atoms with E-state index in [4.69, 9.17) is 44.8 Å². The van der Waals surface area contributed by atoms with Gasteiger partial charge < -0.3 is 31.4 Å². The first kappa shape index (κ1) is 27.8. The monoisotopic (exact) mass is 589 g/mol. The number of aromatic nitrogens is 5. The van der Waals surface area contributed by atoms with Crippen LogP contribution in [0.5, 0.6) is 0 Å². The molecule has 16 heteroatoms. The molecule has 2 fully saturated rings. The number of halogens is 2.